The molecule has 1 atom stereocenters. The van der Waals surface area contributed by atoms with E-state index in [1.165, 1.54) is 10.2 Å². The molecule has 0 unspecified atom stereocenters. The van der Waals surface area contributed by atoms with Gasteiger partial charge >= 0.3 is 0 Å². The molecule has 0 saturated heterocycles. The van der Waals surface area contributed by atoms with Gasteiger partial charge in [0.05, 0.1) is 22.1 Å². The summed E-state index contributed by atoms with van der Waals surface area (Å²) in [4.78, 5) is 18.0. The van der Waals surface area contributed by atoms with Crippen LogP contribution in [0.25, 0.3) is 10.9 Å². The van der Waals surface area contributed by atoms with Gasteiger partial charge in [0.15, 0.2) is 0 Å². The predicted octanol–water partition coefficient (Wildman–Crippen LogP) is 7.10. The molecule has 0 aliphatic heterocycles. The standard InChI is InChI=1S/C27H25BrClN3O2/c1-4-18(3)26-31-24-11-10-21(28)14-22(24)27(33)32(26)30-15-20-9-12-25(23(29)13-20)34-16-19-7-5-17(2)6-8-19/h5-15,18H,4,16H2,1-3H3/t18-/m1/s1. The van der Waals surface area contributed by atoms with E-state index in [4.69, 9.17) is 21.3 Å². The zero-order valence-electron chi connectivity index (χ0n) is 19.3. The van der Waals surface area contributed by atoms with Gasteiger partial charge in [-0.3, -0.25) is 4.79 Å². The molecule has 174 valence electrons. The fourth-order valence-electron chi connectivity index (χ4n) is 3.46. The van der Waals surface area contributed by atoms with E-state index < -0.39 is 0 Å². The molecule has 4 aromatic rings. The molecule has 1 heterocycles. The highest BCUT2D eigenvalue weighted by molar-refractivity contribution is 9.10. The van der Waals surface area contributed by atoms with E-state index in [1.54, 1.807) is 18.3 Å². The fraction of sp³-hybridized carbons (Fsp3) is 0.222. The number of aryl methyl sites for hydroxylation is 1. The second-order valence-corrected chi connectivity index (χ2v) is 9.59. The minimum Gasteiger partial charge on any atom is -0.487 e. The van der Waals surface area contributed by atoms with Crippen LogP contribution in [0.2, 0.25) is 5.02 Å². The van der Waals surface area contributed by atoms with Crippen LogP contribution in [0.15, 0.2) is 75.0 Å². The van der Waals surface area contributed by atoms with Crippen LogP contribution in [0.4, 0.5) is 0 Å². The van der Waals surface area contributed by atoms with Crippen molar-refractivity contribution >= 4 is 44.6 Å². The maximum absolute atomic E-state index is 13.2. The molecule has 5 nitrogen and oxygen atoms in total. The Bertz CT molecular complexity index is 1410. The van der Waals surface area contributed by atoms with Crippen LogP contribution in [-0.2, 0) is 6.61 Å². The zero-order chi connectivity index (χ0) is 24.2. The lowest BCUT2D eigenvalue weighted by molar-refractivity contribution is 0.306. The van der Waals surface area contributed by atoms with Crippen LogP contribution in [0, 0.1) is 6.92 Å². The number of aromatic nitrogens is 2. The van der Waals surface area contributed by atoms with E-state index in [2.05, 4.69) is 47.0 Å². The van der Waals surface area contributed by atoms with Crippen molar-refractivity contribution in [3.63, 3.8) is 0 Å². The van der Waals surface area contributed by atoms with Gasteiger partial charge in [-0.1, -0.05) is 71.2 Å². The van der Waals surface area contributed by atoms with E-state index in [0.29, 0.717) is 34.1 Å². The summed E-state index contributed by atoms with van der Waals surface area (Å²) in [5.41, 5.74) is 3.48. The van der Waals surface area contributed by atoms with Crippen molar-refractivity contribution in [2.75, 3.05) is 0 Å². The largest absolute Gasteiger partial charge is 0.487 e. The van der Waals surface area contributed by atoms with Crippen LogP contribution < -0.4 is 10.3 Å². The molecule has 0 aliphatic carbocycles. The van der Waals surface area contributed by atoms with Gasteiger partial charge in [-0.25, -0.2) is 4.98 Å². The monoisotopic (exact) mass is 537 g/mol. The van der Waals surface area contributed by atoms with Gasteiger partial charge in [-0.05, 0) is 60.9 Å². The quantitative estimate of drug-likeness (QED) is 0.236. The van der Waals surface area contributed by atoms with Crippen molar-refractivity contribution < 1.29 is 4.74 Å². The molecule has 1 aromatic heterocycles. The number of halogens is 2. The first-order valence-electron chi connectivity index (χ1n) is 11.1. The molecule has 3 aromatic carbocycles. The average Bonchev–Trinajstić information content (AvgIpc) is 2.83. The van der Waals surface area contributed by atoms with Crippen LogP contribution in [0.1, 0.15) is 48.7 Å². The zero-order valence-corrected chi connectivity index (χ0v) is 21.6. The molecule has 0 amide bonds. The molecular formula is C27H25BrClN3O2. The number of ether oxygens (including phenoxy) is 1. The van der Waals surface area contributed by atoms with Crippen LogP contribution in [0.3, 0.4) is 0 Å². The molecule has 34 heavy (non-hydrogen) atoms. The Morgan fingerprint density at radius 1 is 1.15 bits per heavy atom. The lowest BCUT2D eigenvalue weighted by Crippen LogP contribution is -2.23. The Kier molecular flexibility index (Phi) is 7.49. The molecule has 0 fully saturated rings. The molecule has 0 aliphatic rings. The van der Waals surface area contributed by atoms with Gasteiger partial charge in [0.2, 0.25) is 0 Å². The van der Waals surface area contributed by atoms with Crippen molar-refractivity contribution in [1.29, 1.82) is 0 Å². The SMILES string of the molecule is CC[C@@H](C)c1nc2ccc(Br)cc2c(=O)n1N=Cc1ccc(OCc2ccc(C)cc2)c(Cl)c1. The number of hydrogen-bond acceptors (Lipinski definition) is 4. The van der Waals surface area contributed by atoms with E-state index in [1.807, 2.05) is 43.3 Å². The summed E-state index contributed by atoms with van der Waals surface area (Å²) in [6.07, 6.45) is 2.46. The maximum Gasteiger partial charge on any atom is 0.282 e. The smallest absolute Gasteiger partial charge is 0.282 e. The van der Waals surface area contributed by atoms with Crippen molar-refractivity contribution in [3.05, 3.63) is 103 Å². The van der Waals surface area contributed by atoms with Crippen LogP contribution in [-0.4, -0.2) is 15.9 Å². The molecular weight excluding hydrogens is 514 g/mol. The third-order valence-corrected chi connectivity index (χ3v) is 6.47. The van der Waals surface area contributed by atoms with Gasteiger partial charge in [0, 0.05) is 10.4 Å². The van der Waals surface area contributed by atoms with E-state index in [0.717, 1.165) is 22.0 Å². The van der Waals surface area contributed by atoms with Gasteiger partial charge in [-0.2, -0.15) is 9.78 Å². The molecule has 0 bridgehead atoms. The molecule has 0 N–H and O–H groups in total. The second kappa shape index (κ2) is 10.5. The van der Waals surface area contributed by atoms with Gasteiger partial charge < -0.3 is 4.74 Å². The predicted molar refractivity (Wildman–Crippen MR) is 142 cm³/mol. The highest BCUT2D eigenvalue weighted by Crippen LogP contribution is 2.26. The second-order valence-electron chi connectivity index (χ2n) is 8.27. The number of nitrogens with zero attached hydrogens (tertiary/aromatic N) is 3. The lowest BCUT2D eigenvalue weighted by Gasteiger charge is -2.14. The normalized spacial score (nSPS) is 12.4. The summed E-state index contributed by atoms with van der Waals surface area (Å²) >= 11 is 9.89. The topological polar surface area (TPSA) is 56.5 Å². The molecule has 4 rings (SSSR count). The van der Waals surface area contributed by atoms with Crippen LogP contribution >= 0.6 is 27.5 Å². The summed E-state index contributed by atoms with van der Waals surface area (Å²) < 4.78 is 8.08. The first-order valence-corrected chi connectivity index (χ1v) is 12.3. The lowest BCUT2D eigenvalue weighted by atomic mass is 10.1. The van der Waals surface area contributed by atoms with Crippen molar-refractivity contribution in [1.82, 2.24) is 9.66 Å². The third kappa shape index (κ3) is 5.40. The number of benzene rings is 3. The van der Waals surface area contributed by atoms with E-state index in [-0.39, 0.29) is 11.5 Å². The van der Waals surface area contributed by atoms with Crippen molar-refractivity contribution in [2.45, 2.75) is 39.7 Å². The Hall–Kier alpha value is -2.96. The minimum atomic E-state index is -0.206. The number of fused-ring (bicyclic) bond motifs is 1. The summed E-state index contributed by atoms with van der Waals surface area (Å²) in [7, 11) is 0. The highest BCUT2D eigenvalue weighted by Gasteiger charge is 2.15. The van der Waals surface area contributed by atoms with E-state index in [9.17, 15) is 4.79 Å². The summed E-state index contributed by atoms with van der Waals surface area (Å²) in [6, 6.07) is 19.1. The first kappa shape index (κ1) is 24.2. The summed E-state index contributed by atoms with van der Waals surface area (Å²) in [5, 5.41) is 5.49. The maximum atomic E-state index is 13.2. The average molecular weight is 539 g/mol. The van der Waals surface area contributed by atoms with Gasteiger partial charge in [0.25, 0.3) is 5.56 Å². The Labute approximate surface area is 212 Å². The Morgan fingerprint density at radius 2 is 1.91 bits per heavy atom. The van der Waals surface area contributed by atoms with E-state index >= 15 is 0 Å². The highest BCUT2D eigenvalue weighted by atomic mass is 79.9. The molecule has 7 heteroatoms. The Morgan fingerprint density at radius 3 is 2.62 bits per heavy atom. The van der Waals surface area contributed by atoms with Gasteiger partial charge in [0.1, 0.15) is 18.2 Å². The third-order valence-electron chi connectivity index (χ3n) is 5.68. The first-order chi connectivity index (χ1) is 16.4. The fourth-order valence-corrected chi connectivity index (χ4v) is 4.07. The molecule has 0 radical (unpaired) electrons. The van der Waals surface area contributed by atoms with Crippen molar-refractivity contribution in [3.8, 4) is 5.75 Å². The van der Waals surface area contributed by atoms with Crippen LogP contribution in [0.5, 0.6) is 5.75 Å². The summed E-state index contributed by atoms with van der Waals surface area (Å²) in [6.45, 7) is 6.58. The Balaban J connectivity index is 1.62. The van der Waals surface area contributed by atoms with Gasteiger partial charge in [-0.15, -0.1) is 0 Å². The summed E-state index contributed by atoms with van der Waals surface area (Å²) in [5.74, 6) is 1.29. The number of hydrogen-bond donors (Lipinski definition) is 0. The number of rotatable bonds is 7. The minimum absolute atomic E-state index is 0.0686. The molecule has 0 saturated carbocycles. The molecule has 0 spiro atoms. The van der Waals surface area contributed by atoms with Crippen molar-refractivity contribution in [2.24, 2.45) is 5.10 Å².